The maximum atomic E-state index is 13.5. The van der Waals surface area contributed by atoms with E-state index in [1.807, 2.05) is 11.0 Å². The molecule has 2 N–H and O–H groups in total. The molecular formula is C26H40ClN5O2. The highest BCUT2D eigenvalue weighted by Crippen LogP contribution is 2.42. The molecule has 3 heterocycles. The summed E-state index contributed by atoms with van der Waals surface area (Å²) >= 11 is 6.39. The van der Waals surface area contributed by atoms with Crippen molar-refractivity contribution >= 4 is 28.4 Å². The summed E-state index contributed by atoms with van der Waals surface area (Å²) in [5.74, 6) is 1.08. The number of rotatable bonds is 6. The average Bonchev–Trinajstić information content (AvgIpc) is 3.54. The molecule has 188 valence electrons. The van der Waals surface area contributed by atoms with Gasteiger partial charge in [-0.25, -0.2) is 0 Å². The summed E-state index contributed by atoms with van der Waals surface area (Å²) in [6, 6.07) is 1.83. The molecule has 0 aromatic carbocycles. The molecule has 2 aliphatic heterocycles. The Balaban J connectivity index is 1.39. The number of nitrogens with zero attached hydrogens (tertiary/aromatic N) is 4. The third kappa shape index (κ3) is 5.85. The molecular weight excluding hydrogens is 450 g/mol. The Kier molecular flexibility index (Phi) is 7.44. The van der Waals surface area contributed by atoms with E-state index in [-0.39, 0.29) is 22.3 Å². The zero-order chi connectivity index (χ0) is 24.5. The molecule has 1 aromatic rings. The van der Waals surface area contributed by atoms with Crippen LogP contribution in [0.15, 0.2) is 21.2 Å². The zero-order valence-corrected chi connectivity index (χ0v) is 22.0. The average molecular weight is 490 g/mol. The van der Waals surface area contributed by atoms with Gasteiger partial charge in [0.2, 0.25) is 0 Å². The number of likely N-dealkylation sites (tertiary alicyclic amines) is 2. The monoisotopic (exact) mass is 489 g/mol. The molecule has 0 atom stereocenters. The lowest BCUT2D eigenvalue weighted by Gasteiger charge is -2.47. The summed E-state index contributed by atoms with van der Waals surface area (Å²) in [5, 5.41) is 4.22. The fourth-order valence-electron chi connectivity index (χ4n) is 5.12. The number of hydrogen-bond donors (Lipinski definition) is 1. The lowest BCUT2D eigenvalue weighted by Crippen LogP contribution is -2.49. The molecule has 1 aliphatic carbocycles. The number of nitrogens with two attached hydrogens (primary N) is 1. The molecule has 34 heavy (non-hydrogen) atoms. The van der Waals surface area contributed by atoms with Crippen LogP contribution >= 0.6 is 11.6 Å². The summed E-state index contributed by atoms with van der Waals surface area (Å²) in [6.07, 6.45) is 7.90. The lowest BCUT2D eigenvalue weighted by molar-refractivity contribution is -0.129. The normalized spacial score (nSPS) is 22.7. The number of carbonyl (C=O) groups excluding carboxylic acids is 1. The maximum absolute atomic E-state index is 13.5. The van der Waals surface area contributed by atoms with E-state index >= 15 is 0 Å². The van der Waals surface area contributed by atoms with Crippen LogP contribution in [0, 0.1) is 10.8 Å². The van der Waals surface area contributed by atoms with E-state index in [0.717, 1.165) is 57.6 Å². The van der Waals surface area contributed by atoms with Crippen molar-refractivity contribution in [3.8, 4) is 0 Å². The van der Waals surface area contributed by atoms with Crippen molar-refractivity contribution < 1.29 is 9.32 Å². The highest BCUT2D eigenvalue weighted by Gasteiger charge is 2.40. The number of piperidine rings is 2. The minimum atomic E-state index is -0.165. The molecule has 1 aromatic heterocycles. The SMILES string of the molecule is CN=C(Cl)/C(C(=O)N1CCC2(CCN(CCC(C)(C)C)CC2)CC1)=C(\N)c1cc(C2CC2)on1. The Bertz CT molecular complexity index is 939. The van der Waals surface area contributed by atoms with Crippen molar-refractivity contribution in [3.63, 3.8) is 0 Å². The first-order chi connectivity index (χ1) is 16.1. The van der Waals surface area contributed by atoms with Crippen LogP contribution in [0.5, 0.6) is 0 Å². The lowest BCUT2D eigenvalue weighted by atomic mass is 9.71. The third-order valence-corrected chi connectivity index (χ3v) is 8.23. The first-order valence-electron chi connectivity index (χ1n) is 12.7. The van der Waals surface area contributed by atoms with Crippen LogP contribution < -0.4 is 5.73 Å². The number of amides is 1. The number of aromatic nitrogens is 1. The van der Waals surface area contributed by atoms with E-state index in [2.05, 4.69) is 35.8 Å². The number of aliphatic imine (C=N–C) groups is 1. The molecule has 0 unspecified atom stereocenters. The van der Waals surface area contributed by atoms with E-state index in [0.29, 0.717) is 22.4 Å². The molecule has 1 amide bonds. The van der Waals surface area contributed by atoms with Gasteiger partial charge in [0.05, 0.1) is 5.70 Å². The summed E-state index contributed by atoms with van der Waals surface area (Å²) in [5.41, 5.74) is 8.06. The van der Waals surface area contributed by atoms with Crippen molar-refractivity contribution in [3.05, 3.63) is 23.1 Å². The van der Waals surface area contributed by atoms with Gasteiger partial charge in [-0.05, 0) is 75.4 Å². The Hall–Kier alpha value is -1.86. The van der Waals surface area contributed by atoms with Crippen molar-refractivity contribution in [2.75, 3.05) is 39.8 Å². The molecule has 0 bridgehead atoms. The third-order valence-electron chi connectivity index (χ3n) is 7.88. The highest BCUT2D eigenvalue weighted by atomic mass is 35.5. The quantitative estimate of drug-likeness (QED) is 0.465. The van der Waals surface area contributed by atoms with Gasteiger partial charge >= 0.3 is 0 Å². The molecule has 2 saturated heterocycles. The van der Waals surface area contributed by atoms with E-state index in [4.69, 9.17) is 21.9 Å². The van der Waals surface area contributed by atoms with Crippen LogP contribution in [0.3, 0.4) is 0 Å². The molecule has 1 spiro atoms. The van der Waals surface area contributed by atoms with Gasteiger partial charge in [-0.2, -0.15) is 0 Å². The predicted molar refractivity (Wildman–Crippen MR) is 137 cm³/mol. The summed E-state index contributed by atoms with van der Waals surface area (Å²) in [4.78, 5) is 22.1. The molecule has 8 heteroatoms. The van der Waals surface area contributed by atoms with Crippen LogP contribution in [0.4, 0.5) is 0 Å². The molecule has 1 saturated carbocycles. The first-order valence-corrected chi connectivity index (χ1v) is 13.1. The van der Waals surface area contributed by atoms with E-state index in [1.54, 1.807) is 7.05 Å². The van der Waals surface area contributed by atoms with Crippen LogP contribution in [0.2, 0.25) is 0 Å². The maximum Gasteiger partial charge on any atom is 0.259 e. The van der Waals surface area contributed by atoms with Gasteiger partial charge in [0, 0.05) is 32.1 Å². The van der Waals surface area contributed by atoms with Crippen molar-refractivity contribution in [2.24, 2.45) is 21.6 Å². The minimum absolute atomic E-state index is 0.117. The Labute approximate surface area is 208 Å². The van der Waals surface area contributed by atoms with Crippen LogP contribution in [-0.2, 0) is 4.79 Å². The van der Waals surface area contributed by atoms with Gasteiger partial charge in [0.1, 0.15) is 22.2 Å². The number of halogens is 1. The van der Waals surface area contributed by atoms with Gasteiger partial charge in [-0.15, -0.1) is 0 Å². The second-order valence-electron chi connectivity index (χ2n) is 11.6. The largest absolute Gasteiger partial charge is 0.396 e. The standard InChI is InChI=1S/C26H40ClN5O2/c1-25(2,3)7-12-31-13-8-26(9-14-31)10-15-32(16-11-26)24(33)21(23(27)29-4)22(28)19-17-20(34-30-19)18-5-6-18/h17-18H,5-16,28H2,1-4H3/b22-21+,29-23?. The molecule has 3 fully saturated rings. The smallest absolute Gasteiger partial charge is 0.259 e. The Morgan fingerprint density at radius 2 is 1.82 bits per heavy atom. The fraction of sp³-hybridized carbons (Fsp3) is 0.731. The fourth-order valence-corrected chi connectivity index (χ4v) is 5.30. The highest BCUT2D eigenvalue weighted by molar-refractivity contribution is 6.73. The van der Waals surface area contributed by atoms with Crippen LogP contribution in [0.1, 0.15) is 83.1 Å². The topological polar surface area (TPSA) is 88.0 Å². The van der Waals surface area contributed by atoms with Crippen molar-refractivity contribution in [1.29, 1.82) is 0 Å². The van der Waals surface area contributed by atoms with Gasteiger partial charge < -0.3 is 20.1 Å². The van der Waals surface area contributed by atoms with E-state index in [1.165, 1.54) is 25.8 Å². The van der Waals surface area contributed by atoms with E-state index < -0.39 is 0 Å². The van der Waals surface area contributed by atoms with E-state index in [9.17, 15) is 4.79 Å². The summed E-state index contributed by atoms with van der Waals surface area (Å²) < 4.78 is 5.44. The first kappa shape index (κ1) is 25.2. The molecule has 3 aliphatic rings. The molecule has 4 rings (SSSR count). The second-order valence-corrected chi connectivity index (χ2v) is 12.0. The second kappa shape index (κ2) is 10.0. The zero-order valence-electron chi connectivity index (χ0n) is 21.2. The van der Waals surface area contributed by atoms with Crippen LogP contribution in [-0.4, -0.2) is 65.8 Å². The predicted octanol–water partition coefficient (Wildman–Crippen LogP) is 4.63. The van der Waals surface area contributed by atoms with Crippen molar-refractivity contribution in [2.45, 2.75) is 71.6 Å². The number of carbonyl (C=O) groups is 1. The Morgan fingerprint density at radius 1 is 1.21 bits per heavy atom. The van der Waals surface area contributed by atoms with Gasteiger partial charge in [0.15, 0.2) is 0 Å². The van der Waals surface area contributed by atoms with Gasteiger partial charge in [-0.1, -0.05) is 37.5 Å². The van der Waals surface area contributed by atoms with Gasteiger partial charge in [-0.3, -0.25) is 9.79 Å². The van der Waals surface area contributed by atoms with Gasteiger partial charge in [0.25, 0.3) is 5.91 Å². The minimum Gasteiger partial charge on any atom is -0.396 e. The number of hydrogen-bond acceptors (Lipinski definition) is 6. The molecule has 7 nitrogen and oxygen atoms in total. The van der Waals surface area contributed by atoms with Crippen molar-refractivity contribution in [1.82, 2.24) is 15.0 Å². The van der Waals surface area contributed by atoms with Crippen LogP contribution in [0.25, 0.3) is 5.70 Å². The Morgan fingerprint density at radius 3 is 2.38 bits per heavy atom. The molecule has 0 radical (unpaired) electrons. The summed E-state index contributed by atoms with van der Waals surface area (Å²) in [7, 11) is 1.57. The summed E-state index contributed by atoms with van der Waals surface area (Å²) in [6.45, 7) is 11.9.